The number of nitrogens with one attached hydrogen (secondary N) is 1. The van der Waals surface area contributed by atoms with E-state index in [-0.39, 0.29) is 11.8 Å². The molecule has 132 valence electrons. The lowest BCUT2D eigenvalue weighted by molar-refractivity contribution is 0.0996. The second-order valence-electron chi connectivity index (χ2n) is 6.19. The van der Waals surface area contributed by atoms with E-state index >= 15 is 0 Å². The van der Waals surface area contributed by atoms with Gasteiger partial charge < -0.3 is 10.2 Å². The molecule has 1 aromatic heterocycles. The van der Waals surface area contributed by atoms with E-state index < -0.39 is 0 Å². The summed E-state index contributed by atoms with van der Waals surface area (Å²) in [5.41, 5.74) is 3.94. The highest BCUT2D eigenvalue weighted by atomic mass is 32.1. The Balaban J connectivity index is 1.88. The minimum Gasteiger partial charge on any atom is -0.322 e. The van der Waals surface area contributed by atoms with Crippen LogP contribution in [0.2, 0.25) is 0 Å². The predicted octanol–water partition coefficient (Wildman–Crippen LogP) is 4.89. The van der Waals surface area contributed by atoms with E-state index in [2.05, 4.69) is 11.4 Å². The smallest absolute Gasteiger partial charge is 0.268 e. The summed E-state index contributed by atoms with van der Waals surface area (Å²) in [6.07, 6.45) is 0. The van der Waals surface area contributed by atoms with Crippen molar-refractivity contribution < 1.29 is 9.59 Å². The molecule has 0 unspecified atom stereocenters. The summed E-state index contributed by atoms with van der Waals surface area (Å²) in [5, 5.41) is 4.80. The molecule has 0 saturated heterocycles. The fraction of sp³-hybridized carbons (Fsp3) is 0.143. The van der Waals surface area contributed by atoms with Gasteiger partial charge in [-0.05, 0) is 60.7 Å². The van der Waals surface area contributed by atoms with Crippen molar-refractivity contribution in [2.45, 2.75) is 13.8 Å². The Morgan fingerprint density at radius 2 is 1.65 bits per heavy atom. The number of thiophene rings is 1. The Morgan fingerprint density at radius 3 is 2.31 bits per heavy atom. The lowest BCUT2D eigenvalue weighted by atomic mass is 10.1. The molecule has 4 nitrogen and oxygen atoms in total. The minimum atomic E-state index is -0.239. The van der Waals surface area contributed by atoms with Gasteiger partial charge in [0.2, 0.25) is 0 Å². The van der Waals surface area contributed by atoms with Crippen molar-refractivity contribution in [3.63, 3.8) is 0 Å². The van der Waals surface area contributed by atoms with E-state index in [0.29, 0.717) is 16.1 Å². The van der Waals surface area contributed by atoms with Crippen LogP contribution in [-0.4, -0.2) is 18.9 Å². The minimum absolute atomic E-state index is 0.133. The van der Waals surface area contributed by atoms with Gasteiger partial charge in [0.25, 0.3) is 11.8 Å². The van der Waals surface area contributed by atoms with Gasteiger partial charge in [-0.15, -0.1) is 11.3 Å². The molecule has 2 aromatic carbocycles. The summed E-state index contributed by atoms with van der Waals surface area (Å²) in [4.78, 5) is 27.6. The van der Waals surface area contributed by atoms with Crippen LogP contribution in [0.4, 0.5) is 11.4 Å². The molecule has 2 amide bonds. The maximum Gasteiger partial charge on any atom is 0.268 e. The number of hydrogen-bond donors (Lipinski definition) is 1. The fourth-order valence-electron chi connectivity index (χ4n) is 2.88. The molecule has 3 rings (SSSR count). The molecule has 0 atom stereocenters. The van der Waals surface area contributed by atoms with Gasteiger partial charge in [0.15, 0.2) is 0 Å². The molecule has 0 aliphatic carbocycles. The molecular weight excluding hydrogens is 344 g/mol. The Bertz CT molecular complexity index is 928. The van der Waals surface area contributed by atoms with Crippen LogP contribution in [0.5, 0.6) is 0 Å². The molecular formula is C21H20N2O2S. The number of rotatable bonds is 4. The second-order valence-corrected chi connectivity index (χ2v) is 7.14. The summed E-state index contributed by atoms with van der Waals surface area (Å²) in [5.74, 6) is -0.372. The molecule has 3 aromatic rings. The third kappa shape index (κ3) is 3.83. The topological polar surface area (TPSA) is 49.4 Å². The number of carbonyl (C=O) groups is 2. The van der Waals surface area contributed by atoms with Gasteiger partial charge in [0.05, 0.1) is 16.1 Å². The average Bonchev–Trinajstić information content (AvgIpc) is 3.14. The van der Waals surface area contributed by atoms with Crippen LogP contribution < -0.4 is 10.2 Å². The summed E-state index contributed by atoms with van der Waals surface area (Å²) >= 11 is 1.38. The predicted molar refractivity (Wildman–Crippen MR) is 107 cm³/mol. The lowest BCUT2D eigenvalue weighted by Crippen LogP contribution is -2.28. The quantitative estimate of drug-likeness (QED) is 0.716. The zero-order valence-electron chi connectivity index (χ0n) is 14.9. The maximum absolute atomic E-state index is 12.8. The molecule has 0 aliphatic rings. The first-order valence-corrected chi connectivity index (χ1v) is 9.14. The summed E-state index contributed by atoms with van der Waals surface area (Å²) in [7, 11) is 1.69. The van der Waals surface area contributed by atoms with E-state index in [1.807, 2.05) is 43.5 Å². The monoisotopic (exact) mass is 364 g/mol. The Labute approximate surface area is 157 Å². The van der Waals surface area contributed by atoms with Crippen molar-refractivity contribution in [3.05, 3.63) is 81.5 Å². The molecule has 0 radical (unpaired) electrons. The normalized spacial score (nSPS) is 10.4. The number of aryl methyl sites for hydroxylation is 2. The van der Waals surface area contributed by atoms with Crippen LogP contribution in [0.15, 0.2) is 60.0 Å². The van der Waals surface area contributed by atoms with E-state index in [1.54, 1.807) is 31.3 Å². The van der Waals surface area contributed by atoms with Crippen molar-refractivity contribution in [2.24, 2.45) is 0 Å². The van der Waals surface area contributed by atoms with Crippen LogP contribution >= 0.6 is 11.3 Å². The number of anilines is 2. The summed E-state index contributed by atoms with van der Waals surface area (Å²) < 4.78 is 0. The molecule has 5 heteroatoms. The fourth-order valence-corrected chi connectivity index (χ4v) is 3.58. The first kappa shape index (κ1) is 17.9. The number of para-hydroxylation sites is 1. The van der Waals surface area contributed by atoms with Crippen molar-refractivity contribution in [1.29, 1.82) is 0 Å². The van der Waals surface area contributed by atoms with Crippen LogP contribution in [-0.2, 0) is 0 Å². The van der Waals surface area contributed by atoms with Crippen LogP contribution in [0.1, 0.15) is 31.2 Å². The standard InChI is InChI=1S/C21H20N2O2S/c1-14-11-15(2)13-16(12-14)22-20(24)17-7-4-5-8-18(17)23(3)21(25)19-9-6-10-26-19/h4-13H,1-3H3,(H,22,24). The average molecular weight is 364 g/mol. The highest BCUT2D eigenvalue weighted by molar-refractivity contribution is 7.12. The summed E-state index contributed by atoms with van der Waals surface area (Å²) in [6, 6.07) is 16.6. The van der Waals surface area contributed by atoms with Crippen LogP contribution in [0, 0.1) is 13.8 Å². The first-order valence-electron chi connectivity index (χ1n) is 8.26. The molecule has 1 heterocycles. The van der Waals surface area contributed by atoms with Crippen LogP contribution in [0.3, 0.4) is 0 Å². The number of hydrogen-bond acceptors (Lipinski definition) is 3. The number of carbonyl (C=O) groups excluding carboxylic acids is 2. The molecule has 26 heavy (non-hydrogen) atoms. The zero-order chi connectivity index (χ0) is 18.7. The Kier molecular flexibility index (Phi) is 5.19. The maximum atomic E-state index is 12.8. The third-order valence-corrected chi connectivity index (χ3v) is 4.88. The van der Waals surface area contributed by atoms with Gasteiger partial charge in [-0.2, -0.15) is 0 Å². The lowest BCUT2D eigenvalue weighted by Gasteiger charge is -2.20. The Hall–Kier alpha value is -2.92. The Morgan fingerprint density at radius 1 is 0.962 bits per heavy atom. The largest absolute Gasteiger partial charge is 0.322 e. The van der Waals surface area contributed by atoms with Gasteiger partial charge in [0.1, 0.15) is 0 Å². The molecule has 0 aliphatic heterocycles. The number of amides is 2. The molecule has 0 spiro atoms. The van der Waals surface area contributed by atoms with Crippen molar-refractivity contribution >= 4 is 34.5 Å². The van der Waals surface area contributed by atoms with E-state index in [1.165, 1.54) is 16.2 Å². The van der Waals surface area contributed by atoms with Gasteiger partial charge >= 0.3 is 0 Å². The van der Waals surface area contributed by atoms with E-state index in [0.717, 1.165) is 16.8 Å². The van der Waals surface area contributed by atoms with Gasteiger partial charge in [0, 0.05) is 12.7 Å². The van der Waals surface area contributed by atoms with Crippen molar-refractivity contribution in [2.75, 3.05) is 17.3 Å². The van der Waals surface area contributed by atoms with Crippen molar-refractivity contribution in [1.82, 2.24) is 0 Å². The van der Waals surface area contributed by atoms with Gasteiger partial charge in [-0.1, -0.05) is 24.3 Å². The SMILES string of the molecule is Cc1cc(C)cc(NC(=O)c2ccccc2N(C)C(=O)c2cccs2)c1. The zero-order valence-corrected chi connectivity index (χ0v) is 15.8. The van der Waals surface area contributed by atoms with E-state index in [9.17, 15) is 9.59 Å². The second kappa shape index (κ2) is 7.54. The highest BCUT2D eigenvalue weighted by Crippen LogP contribution is 2.24. The number of nitrogens with zero attached hydrogens (tertiary/aromatic N) is 1. The van der Waals surface area contributed by atoms with Crippen molar-refractivity contribution in [3.8, 4) is 0 Å². The van der Waals surface area contributed by atoms with Gasteiger partial charge in [-0.25, -0.2) is 0 Å². The van der Waals surface area contributed by atoms with Gasteiger partial charge in [-0.3, -0.25) is 9.59 Å². The van der Waals surface area contributed by atoms with E-state index in [4.69, 9.17) is 0 Å². The third-order valence-electron chi connectivity index (χ3n) is 4.03. The molecule has 1 N–H and O–H groups in total. The molecule has 0 fully saturated rings. The van der Waals surface area contributed by atoms with Crippen LogP contribution in [0.25, 0.3) is 0 Å². The molecule has 0 bridgehead atoms. The summed E-state index contributed by atoms with van der Waals surface area (Å²) in [6.45, 7) is 3.98. The molecule has 0 saturated carbocycles. The highest BCUT2D eigenvalue weighted by Gasteiger charge is 2.20. The number of benzene rings is 2. The first-order chi connectivity index (χ1) is 12.5.